The van der Waals surface area contributed by atoms with Crippen LogP contribution in [0.4, 0.5) is 0 Å². The molecule has 0 heterocycles. The smallest absolute Gasteiger partial charge is 0.263 e. The van der Waals surface area contributed by atoms with Crippen molar-refractivity contribution in [3.05, 3.63) is 47.6 Å². The van der Waals surface area contributed by atoms with Gasteiger partial charge in [0.15, 0.2) is 0 Å². The van der Waals surface area contributed by atoms with Gasteiger partial charge in [-0.25, -0.2) is 0 Å². The maximum atomic E-state index is 7.17. The predicted octanol–water partition coefficient (Wildman–Crippen LogP) is 1.01. The van der Waals surface area contributed by atoms with Crippen molar-refractivity contribution >= 4 is 0 Å². The lowest BCUT2D eigenvalue weighted by Gasteiger charge is -1.99. The number of rotatable bonds is 1. The molecular weight excluding hydrogens is 180 g/mol. The zero-order chi connectivity index (χ0) is 10.4. The molecule has 0 radical (unpaired) electrons. The van der Waals surface area contributed by atoms with Crippen LogP contribution in [0, 0.1) is 0 Å². The van der Waals surface area contributed by atoms with Gasteiger partial charge in [0.25, 0.3) is 6.48 Å². The predicted molar refractivity (Wildman–Crippen MR) is 54.1 cm³/mol. The fourth-order valence-electron chi connectivity index (χ4n) is 1.37. The second kappa shape index (κ2) is 5.54. The van der Waals surface area contributed by atoms with E-state index in [0.717, 1.165) is 12.8 Å². The molecular formula is C11H14O3. The Morgan fingerprint density at radius 2 is 1.21 bits per heavy atom. The molecule has 0 bridgehead atoms. The van der Waals surface area contributed by atoms with Crippen LogP contribution in [0.2, 0.25) is 0 Å². The van der Waals surface area contributed by atoms with Crippen molar-refractivity contribution < 1.29 is 15.3 Å². The number of aliphatic hydroxyl groups excluding tert-OH is 1. The summed E-state index contributed by atoms with van der Waals surface area (Å²) >= 11 is 0. The Morgan fingerprint density at radius 1 is 0.857 bits per heavy atom. The summed E-state index contributed by atoms with van der Waals surface area (Å²) in [5, 5.41) is 21.5. The highest BCUT2D eigenvalue weighted by Gasteiger charge is 2.05. The molecule has 3 heteroatoms. The first-order valence-corrected chi connectivity index (χ1v) is 4.46. The van der Waals surface area contributed by atoms with Crippen LogP contribution in [-0.4, -0.2) is 21.8 Å². The average Bonchev–Trinajstić information content (AvgIpc) is 2.76. The van der Waals surface area contributed by atoms with Gasteiger partial charge < -0.3 is 15.3 Å². The lowest BCUT2D eigenvalue weighted by Crippen LogP contribution is -1.98. The monoisotopic (exact) mass is 194 g/mol. The van der Waals surface area contributed by atoms with Crippen LogP contribution in [0.3, 0.4) is 0 Å². The highest BCUT2D eigenvalue weighted by Crippen LogP contribution is 2.25. The van der Waals surface area contributed by atoms with E-state index in [4.69, 9.17) is 15.3 Å². The minimum Gasteiger partial charge on any atom is -0.346 e. The van der Waals surface area contributed by atoms with E-state index in [9.17, 15) is 0 Å². The van der Waals surface area contributed by atoms with Gasteiger partial charge in [0, 0.05) is 0 Å². The molecule has 14 heavy (non-hydrogen) atoms. The van der Waals surface area contributed by atoms with Crippen molar-refractivity contribution in [3.8, 4) is 0 Å². The molecule has 0 saturated heterocycles. The van der Waals surface area contributed by atoms with Crippen LogP contribution in [0.1, 0.15) is 12.8 Å². The quantitative estimate of drug-likeness (QED) is 0.546. The molecule has 0 aromatic heterocycles. The van der Waals surface area contributed by atoms with Crippen LogP contribution in [0.15, 0.2) is 47.6 Å². The zero-order valence-corrected chi connectivity index (χ0v) is 7.80. The summed E-state index contributed by atoms with van der Waals surface area (Å²) in [4.78, 5) is 0. The number of hydrogen-bond donors (Lipinski definition) is 3. The van der Waals surface area contributed by atoms with Gasteiger partial charge in [-0.05, 0) is 24.0 Å². The maximum Gasteiger partial charge on any atom is 0.263 e. The maximum absolute atomic E-state index is 7.17. The molecule has 0 unspecified atom stereocenters. The molecule has 0 spiro atoms. The second-order valence-electron chi connectivity index (χ2n) is 2.99. The minimum atomic E-state index is -2.17. The largest absolute Gasteiger partial charge is 0.346 e. The lowest BCUT2D eigenvalue weighted by molar-refractivity contribution is -0.198. The normalized spacial score (nSPS) is 18.0. The summed E-state index contributed by atoms with van der Waals surface area (Å²) in [5.74, 6) is 0. The van der Waals surface area contributed by atoms with Crippen LogP contribution in [-0.2, 0) is 0 Å². The van der Waals surface area contributed by atoms with Crippen molar-refractivity contribution in [1.82, 2.24) is 0 Å². The van der Waals surface area contributed by atoms with Crippen LogP contribution in [0.25, 0.3) is 0 Å². The third-order valence-corrected chi connectivity index (χ3v) is 1.95. The minimum absolute atomic E-state index is 1.13. The van der Waals surface area contributed by atoms with Gasteiger partial charge in [-0.2, -0.15) is 0 Å². The summed E-state index contributed by atoms with van der Waals surface area (Å²) in [6.45, 7) is -2.17. The molecule has 2 aliphatic carbocycles. The molecule has 0 amide bonds. The Balaban J connectivity index is 0.000000213. The van der Waals surface area contributed by atoms with Gasteiger partial charge in [0.05, 0.1) is 0 Å². The molecule has 0 atom stereocenters. The standard InChI is InChI=1S/C10H10.CH4O3/c1-2-6-9(5-1)10-7-3-4-8-10;2-1(3)4/h1-5,7H,6,8H2;1-4H. The van der Waals surface area contributed by atoms with Gasteiger partial charge in [0.1, 0.15) is 0 Å². The molecule has 76 valence electrons. The van der Waals surface area contributed by atoms with Gasteiger partial charge in [-0.15, -0.1) is 0 Å². The molecule has 2 aliphatic rings. The van der Waals surface area contributed by atoms with E-state index in [1.807, 2.05) is 0 Å². The average molecular weight is 194 g/mol. The third kappa shape index (κ3) is 3.70. The van der Waals surface area contributed by atoms with Crippen molar-refractivity contribution in [2.24, 2.45) is 0 Å². The highest BCUT2D eigenvalue weighted by molar-refractivity contribution is 5.44. The summed E-state index contributed by atoms with van der Waals surface area (Å²) in [5.41, 5.74) is 2.98. The van der Waals surface area contributed by atoms with Crippen molar-refractivity contribution in [2.45, 2.75) is 19.3 Å². The van der Waals surface area contributed by atoms with Crippen molar-refractivity contribution in [3.63, 3.8) is 0 Å². The fraction of sp³-hybridized carbons (Fsp3) is 0.273. The topological polar surface area (TPSA) is 60.7 Å². The molecule has 3 nitrogen and oxygen atoms in total. The first kappa shape index (κ1) is 10.9. The summed E-state index contributed by atoms with van der Waals surface area (Å²) < 4.78 is 0. The van der Waals surface area contributed by atoms with Gasteiger partial charge >= 0.3 is 0 Å². The van der Waals surface area contributed by atoms with Crippen LogP contribution in [0.5, 0.6) is 0 Å². The molecule has 3 N–H and O–H groups in total. The molecule has 0 aliphatic heterocycles. The number of hydrogen-bond acceptors (Lipinski definition) is 3. The Morgan fingerprint density at radius 3 is 1.43 bits per heavy atom. The van der Waals surface area contributed by atoms with Gasteiger partial charge in [0.2, 0.25) is 0 Å². The van der Waals surface area contributed by atoms with Gasteiger partial charge in [-0.1, -0.05) is 36.5 Å². The van der Waals surface area contributed by atoms with Gasteiger partial charge in [-0.3, -0.25) is 0 Å². The van der Waals surface area contributed by atoms with E-state index in [1.54, 1.807) is 0 Å². The Kier molecular flexibility index (Phi) is 4.32. The lowest BCUT2D eigenvalue weighted by atomic mass is 10.1. The third-order valence-electron chi connectivity index (χ3n) is 1.95. The van der Waals surface area contributed by atoms with Crippen molar-refractivity contribution in [1.29, 1.82) is 0 Å². The van der Waals surface area contributed by atoms with Crippen LogP contribution >= 0.6 is 0 Å². The summed E-state index contributed by atoms with van der Waals surface area (Å²) in [7, 11) is 0. The summed E-state index contributed by atoms with van der Waals surface area (Å²) in [6, 6.07) is 0. The fourth-order valence-corrected chi connectivity index (χ4v) is 1.37. The van der Waals surface area contributed by atoms with Crippen molar-refractivity contribution in [2.75, 3.05) is 0 Å². The summed E-state index contributed by atoms with van der Waals surface area (Å²) in [6.07, 6.45) is 15.4. The molecule has 0 saturated carbocycles. The first-order chi connectivity index (χ1) is 6.70. The molecule has 2 rings (SSSR count). The Labute approximate surface area is 83.0 Å². The highest BCUT2D eigenvalue weighted by atomic mass is 16.6. The van der Waals surface area contributed by atoms with E-state index < -0.39 is 6.48 Å². The Hall–Kier alpha value is -1.16. The van der Waals surface area contributed by atoms with E-state index >= 15 is 0 Å². The zero-order valence-electron chi connectivity index (χ0n) is 7.80. The van der Waals surface area contributed by atoms with E-state index in [1.165, 1.54) is 11.1 Å². The molecule has 0 aromatic rings. The first-order valence-electron chi connectivity index (χ1n) is 4.46. The van der Waals surface area contributed by atoms with E-state index in [2.05, 4.69) is 36.5 Å². The molecule has 0 aromatic carbocycles. The van der Waals surface area contributed by atoms with E-state index in [0.29, 0.717) is 0 Å². The Bertz CT molecular complexity index is 265. The second-order valence-corrected chi connectivity index (χ2v) is 2.99. The van der Waals surface area contributed by atoms with Crippen LogP contribution < -0.4 is 0 Å². The molecule has 0 fully saturated rings. The number of allylic oxidation sites excluding steroid dienone is 8. The van der Waals surface area contributed by atoms with E-state index in [-0.39, 0.29) is 0 Å². The number of aliphatic hydroxyl groups is 3. The SMILES string of the molecule is C1=CCC(C2=CC=CC2)=C1.OC(O)O.